The van der Waals surface area contributed by atoms with Crippen molar-refractivity contribution in [1.29, 1.82) is 0 Å². The first-order valence-electron chi connectivity index (χ1n) is 8.21. The second kappa shape index (κ2) is 33.4. The maximum atomic E-state index is 8.47. The first kappa shape index (κ1) is 37.0. The zero-order valence-electron chi connectivity index (χ0n) is 16.7. The Morgan fingerprint density at radius 1 is 0.355 bits per heavy atom. The summed E-state index contributed by atoms with van der Waals surface area (Å²) in [6, 6.07) is 0. The van der Waals surface area contributed by atoms with Gasteiger partial charge in [-0.05, 0) is 0 Å². The molecule has 19 heteroatoms. The summed E-state index contributed by atoms with van der Waals surface area (Å²) in [5, 5.41) is 37.6. The van der Waals surface area contributed by atoms with Gasteiger partial charge < -0.3 is 28.4 Å². The van der Waals surface area contributed by atoms with E-state index in [1.165, 1.54) is 0 Å². The second-order valence-electron chi connectivity index (χ2n) is 4.43. The van der Waals surface area contributed by atoms with E-state index in [1.54, 1.807) is 0 Å². The third kappa shape index (κ3) is 73.4. The Hall–Kier alpha value is -1.29. The molecule has 0 bridgehead atoms. The maximum absolute atomic E-state index is 8.47. The predicted octanol–water partition coefficient (Wildman–Crippen LogP) is -1.27. The van der Waals surface area contributed by atoms with Gasteiger partial charge in [-0.3, -0.25) is 0 Å². The number of ether oxygens (including phenoxy) is 6. The summed E-state index contributed by atoms with van der Waals surface area (Å²) < 4.78 is 32.0. The third-order valence-corrected chi connectivity index (χ3v) is 2.23. The first-order valence-corrected chi connectivity index (χ1v) is 8.21. The van der Waals surface area contributed by atoms with Crippen molar-refractivity contribution in [3.05, 3.63) is 14.7 Å². The molecule has 1 rings (SSSR count). The molecule has 0 aliphatic carbocycles. The second-order valence-corrected chi connectivity index (χ2v) is 4.43. The molecule has 6 N–H and O–H groups in total. The minimum atomic E-state index is -1.25. The molecule has 0 aromatic carbocycles. The Labute approximate surface area is 209 Å². The smallest absolute Gasteiger partial charge is 0.377 e. The summed E-state index contributed by atoms with van der Waals surface area (Å²) in [6.07, 6.45) is 0. The van der Waals surface area contributed by atoms with Crippen molar-refractivity contribution >= 4 is 0 Å². The molecule has 1 aliphatic rings. The summed E-state index contributed by atoms with van der Waals surface area (Å²) in [6.45, 7) is 7.04. The molecule has 0 amide bonds. The first-order chi connectivity index (χ1) is 14.2. The van der Waals surface area contributed by atoms with Crippen molar-refractivity contribution < 1.29 is 116 Å². The fourth-order valence-electron chi connectivity index (χ4n) is 1.32. The third-order valence-electron chi connectivity index (χ3n) is 2.23. The van der Waals surface area contributed by atoms with Gasteiger partial charge in [-0.2, -0.15) is 0 Å². The van der Waals surface area contributed by atoms with E-state index >= 15 is 0 Å². The molecular formula is C12H30N3NdO15+3. The Morgan fingerprint density at radius 2 is 0.419 bits per heavy atom. The summed E-state index contributed by atoms with van der Waals surface area (Å²) in [7, 11) is 0. The van der Waals surface area contributed by atoms with Crippen molar-refractivity contribution in [3.63, 3.8) is 0 Å². The molecule has 1 aliphatic heterocycles. The molecular weight excluding hydrogens is 570 g/mol. The summed E-state index contributed by atoms with van der Waals surface area (Å²) in [5.41, 5.74) is 0. The Bertz CT molecular complexity index is 292. The average Bonchev–Trinajstić information content (AvgIpc) is 2.60. The number of rotatable bonds is 0. The van der Waals surface area contributed by atoms with E-state index in [0.717, 1.165) is 0 Å². The molecule has 31 heavy (non-hydrogen) atoms. The van der Waals surface area contributed by atoms with E-state index in [9.17, 15) is 0 Å². The Morgan fingerprint density at radius 3 is 0.484 bits per heavy atom. The monoisotopic (exact) mass is 598 g/mol. The van der Waals surface area contributed by atoms with Crippen LogP contribution >= 0.6 is 0 Å². The Kier molecular flexibility index (Phi) is 39.9. The van der Waals surface area contributed by atoms with Crippen LogP contribution in [0.5, 0.6) is 0 Å². The summed E-state index contributed by atoms with van der Waals surface area (Å²) in [5.74, 6) is 0. The van der Waals surface area contributed by atoms with Gasteiger partial charge in [0.05, 0.1) is 79.3 Å². The summed E-state index contributed by atoms with van der Waals surface area (Å²) in [4.78, 5) is 25.4. The zero-order valence-corrected chi connectivity index (χ0v) is 19.9. The molecule has 1 heterocycles. The zero-order chi connectivity index (χ0) is 23.5. The van der Waals surface area contributed by atoms with Crippen molar-refractivity contribution in [1.82, 2.24) is 0 Å². The van der Waals surface area contributed by atoms with Crippen molar-refractivity contribution in [2.75, 3.05) is 79.3 Å². The van der Waals surface area contributed by atoms with E-state index < -0.39 is 15.3 Å². The van der Waals surface area contributed by atoms with Crippen LogP contribution in [0.4, 0.5) is 0 Å². The number of hydrogen-bond donors (Lipinski definition) is 6. The van der Waals surface area contributed by atoms with Gasteiger partial charge in [-0.15, -0.1) is 0 Å². The molecule has 0 aromatic heterocycles. The van der Waals surface area contributed by atoms with Gasteiger partial charge in [0.15, 0.2) is 0 Å². The van der Waals surface area contributed by atoms with Crippen LogP contribution < -0.4 is 0 Å². The fourth-order valence-corrected chi connectivity index (χ4v) is 1.32. The van der Waals surface area contributed by atoms with Crippen molar-refractivity contribution in [3.8, 4) is 0 Å². The maximum Gasteiger partial charge on any atom is 0.472 e. The summed E-state index contributed by atoms with van der Waals surface area (Å²) >= 11 is 0. The van der Waals surface area contributed by atoms with Gasteiger partial charge in [0.1, 0.15) is 14.7 Å². The van der Waals surface area contributed by atoms with Crippen LogP contribution in [0.15, 0.2) is 0 Å². The standard InChI is InChI=1S/C12H24O6.3H2NO3.Nd/c1-2-14-5-6-16-9-10-18-12-11-17-8-7-15-4-3-13-1;3*2-1(3)4;/h1-12H2;3*(H2,2,3,4);/q;3*+1;. The van der Waals surface area contributed by atoms with Crippen LogP contribution in [-0.4, -0.2) is 126 Å². The minimum absolute atomic E-state index is 0. The Balaban J connectivity index is -0.000000232. The van der Waals surface area contributed by atoms with Gasteiger partial charge in [0, 0.05) is 40.8 Å². The van der Waals surface area contributed by atoms with Crippen molar-refractivity contribution in [2.24, 2.45) is 0 Å². The average molecular weight is 601 g/mol. The molecule has 0 radical (unpaired) electrons. The molecule has 0 saturated carbocycles. The van der Waals surface area contributed by atoms with Gasteiger partial charge >= 0.3 is 15.3 Å². The van der Waals surface area contributed by atoms with E-state index in [4.69, 9.17) is 74.4 Å². The normalized spacial score (nSPS) is 16.3. The van der Waals surface area contributed by atoms with E-state index in [-0.39, 0.29) is 40.8 Å². The SMILES string of the molecule is C1COCCOCCOCCOCCOCCO1.O=[N+](O)O.O=[N+](O)O.O=[N+](O)O.[Nd]. The largest absolute Gasteiger partial charge is 0.472 e. The van der Waals surface area contributed by atoms with Crippen LogP contribution in [0.1, 0.15) is 0 Å². The van der Waals surface area contributed by atoms with E-state index in [0.29, 0.717) is 79.3 Å². The van der Waals surface area contributed by atoms with Crippen LogP contribution in [0, 0.1) is 55.6 Å². The number of nitrogens with zero attached hydrogens (tertiary/aromatic N) is 3. The van der Waals surface area contributed by atoms with Crippen LogP contribution in [0.25, 0.3) is 0 Å². The molecule has 0 unspecified atom stereocenters. The van der Waals surface area contributed by atoms with Crippen LogP contribution in [0.3, 0.4) is 0 Å². The topological polar surface area (TPSA) is 237 Å². The van der Waals surface area contributed by atoms with Gasteiger partial charge in [0.2, 0.25) is 0 Å². The molecule has 0 spiro atoms. The molecule has 184 valence electrons. The van der Waals surface area contributed by atoms with E-state index in [2.05, 4.69) is 0 Å². The molecule has 1 fully saturated rings. The minimum Gasteiger partial charge on any atom is -0.377 e. The van der Waals surface area contributed by atoms with Gasteiger partial charge in [-0.1, -0.05) is 0 Å². The number of hydrogen-bond acceptors (Lipinski definition) is 9. The van der Waals surface area contributed by atoms with Gasteiger partial charge in [0.25, 0.3) is 0 Å². The van der Waals surface area contributed by atoms with Crippen molar-refractivity contribution in [2.45, 2.75) is 0 Å². The molecule has 18 nitrogen and oxygen atoms in total. The van der Waals surface area contributed by atoms with Crippen LogP contribution in [0.2, 0.25) is 0 Å². The predicted molar refractivity (Wildman–Crippen MR) is 86.5 cm³/mol. The van der Waals surface area contributed by atoms with Crippen LogP contribution in [-0.2, 0) is 28.4 Å². The van der Waals surface area contributed by atoms with E-state index in [1.807, 2.05) is 0 Å². The fraction of sp³-hybridized carbons (Fsp3) is 1.00. The molecule has 0 atom stereocenters. The molecule has 0 aromatic rings. The van der Waals surface area contributed by atoms with Gasteiger partial charge in [-0.25, -0.2) is 31.2 Å². The molecule has 1 saturated heterocycles. The quantitative estimate of drug-likeness (QED) is 0.178.